The summed E-state index contributed by atoms with van der Waals surface area (Å²) in [6.45, 7) is -0.324. The van der Waals surface area contributed by atoms with Gasteiger partial charge in [0.2, 0.25) is 6.54 Å². The highest BCUT2D eigenvalue weighted by Gasteiger charge is 2.22. The number of hydrogen-bond acceptors (Lipinski definition) is 4. The summed E-state index contributed by atoms with van der Waals surface area (Å²) in [6.07, 6.45) is -0.241. The van der Waals surface area contributed by atoms with Crippen LogP contribution in [0.2, 0.25) is 0 Å². The molecule has 2 rings (SSSR count). The molecule has 0 unspecified atom stereocenters. The van der Waals surface area contributed by atoms with Gasteiger partial charge in [-0.15, -0.1) is 0 Å². The summed E-state index contributed by atoms with van der Waals surface area (Å²) < 4.78 is 0. The molecule has 2 aromatic rings. The average molecular weight is 311 g/mol. The van der Waals surface area contributed by atoms with Crippen LogP contribution in [0.4, 0.5) is 0 Å². The molecule has 0 aromatic heterocycles. The Hall–Kier alpha value is -2.82. The van der Waals surface area contributed by atoms with Crippen LogP contribution in [0.3, 0.4) is 0 Å². The van der Waals surface area contributed by atoms with Crippen molar-refractivity contribution < 1.29 is 14.5 Å². The second-order valence-electron chi connectivity index (χ2n) is 5.33. The Balaban J connectivity index is 2.03. The van der Waals surface area contributed by atoms with Crippen molar-refractivity contribution in [1.82, 2.24) is 0 Å². The fourth-order valence-electron chi connectivity index (χ4n) is 2.45. The molecule has 0 saturated carbocycles. The van der Waals surface area contributed by atoms with Gasteiger partial charge in [0.25, 0.3) is 0 Å². The Morgan fingerprint density at radius 1 is 0.957 bits per heavy atom. The minimum atomic E-state index is -0.512. The normalized spacial score (nSPS) is 11.7. The summed E-state index contributed by atoms with van der Waals surface area (Å²) in [7, 11) is 0. The van der Waals surface area contributed by atoms with Crippen LogP contribution >= 0.6 is 0 Å². The molecular formula is C18H17NO4. The van der Waals surface area contributed by atoms with E-state index >= 15 is 0 Å². The zero-order valence-electron chi connectivity index (χ0n) is 12.6. The van der Waals surface area contributed by atoms with Gasteiger partial charge >= 0.3 is 0 Å². The summed E-state index contributed by atoms with van der Waals surface area (Å²) >= 11 is 0. The van der Waals surface area contributed by atoms with Crippen molar-refractivity contribution >= 4 is 11.6 Å². The number of rotatable bonds is 8. The summed E-state index contributed by atoms with van der Waals surface area (Å²) in [5.74, 6) is -1.06. The third-order valence-corrected chi connectivity index (χ3v) is 3.57. The van der Waals surface area contributed by atoms with Crippen molar-refractivity contribution in [2.75, 3.05) is 6.54 Å². The molecule has 0 aliphatic heterocycles. The lowest BCUT2D eigenvalue weighted by Gasteiger charge is -2.12. The first-order chi connectivity index (χ1) is 11.1. The molecule has 0 N–H and O–H groups in total. The van der Waals surface area contributed by atoms with Gasteiger partial charge in [0.05, 0.1) is 12.3 Å². The second kappa shape index (κ2) is 7.98. The standard InChI is InChI=1S/C18H17NO4/c20-17(12-18(21)15-9-5-2-6-10-15)11-16(13-19(22)23)14-7-3-1-4-8-14/h1-10,16H,11-13H2/t16-/m0/s1. The van der Waals surface area contributed by atoms with Gasteiger partial charge in [-0.05, 0) is 5.56 Å². The molecule has 0 amide bonds. The van der Waals surface area contributed by atoms with Crippen molar-refractivity contribution in [2.45, 2.75) is 18.8 Å². The molecule has 5 nitrogen and oxygen atoms in total. The minimum Gasteiger partial charge on any atom is -0.299 e. The van der Waals surface area contributed by atoms with Gasteiger partial charge in [-0.3, -0.25) is 19.7 Å². The maximum atomic E-state index is 12.1. The molecule has 0 spiro atoms. The zero-order chi connectivity index (χ0) is 16.7. The highest BCUT2D eigenvalue weighted by molar-refractivity contribution is 6.08. The number of carbonyl (C=O) groups is 2. The Morgan fingerprint density at radius 2 is 1.52 bits per heavy atom. The Kier molecular flexibility index (Phi) is 5.74. The number of nitro groups is 1. The molecule has 0 radical (unpaired) electrons. The lowest BCUT2D eigenvalue weighted by Crippen LogP contribution is -2.18. The molecule has 2 aromatic carbocycles. The number of carbonyl (C=O) groups excluding carboxylic acids is 2. The van der Waals surface area contributed by atoms with Gasteiger partial charge in [-0.25, -0.2) is 0 Å². The van der Waals surface area contributed by atoms with Crippen LogP contribution in [0, 0.1) is 10.1 Å². The summed E-state index contributed by atoms with van der Waals surface area (Å²) in [4.78, 5) is 34.6. The molecule has 0 bridgehead atoms. The quantitative estimate of drug-likeness (QED) is 0.324. The van der Waals surface area contributed by atoms with Crippen LogP contribution < -0.4 is 0 Å². The predicted octanol–water partition coefficient (Wildman–Crippen LogP) is 3.28. The third-order valence-electron chi connectivity index (χ3n) is 3.57. The van der Waals surface area contributed by atoms with E-state index in [0.717, 1.165) is 5.56 Å². The molecule has 0 saturated heterocycles. The van der Waals surface area contributed by atoms with Gasteiger partial charge in [-0.2, -0.15) is 0 Å². The fraction of sp³-hybridized carbons (Fsp3) is 0.222. The number of ketones is 2. The predicted molar refractivity (Wildman–Crippen MR) is 86.1 cm³/mol. The third kappa shape index (κ3) is 5.14. The van der Waals surface area contributed by atoms with Crippen molar-refractivity contribution in [3.8, 4) is 0 Å². The molecule has 5 heteroatoms. The van der Waals surface area contributed by atoms with E-state index in [0.29, 0.717) is 5.56 Å². The van der Waals surface area contributed by atoms with Crippen molar-refractivity contribution in [2.24, 2.45) is 0 Å². The number of hydrogen-bond donors (Lipinski definition) is 0. The molecule has 0 aliphatic carbocycles. The van der Waals surface area contributed by atoms with Crippen molar-refractivity contribution in [3.05, 3.63) is 81.9 Å². The molecule has 0 heterocycles. The van der Waals surface area contributed by atoms with Crippen LogP contribution in [-0.4, -0.2) is 23.0 Å². The van der Waals surface area contributed by atoms with Crippen LogP contribution in [-0.2, 0) is 4.79 Å². The van der Waals surface area contributed by atoms with E-state index in [4.69, 9.17) is 0 Å². The van der Waals surface area contributed by atoms with E-state index < -0.39 is 10.8 Å². The van der Waals surface area contributed by atoms with E-state index in [9.17, 15) is 19.7 Å². The van der Waals surface area contributed by atoms with Crippen molar-refractivity contribution in [1.29, 1.82) is 0 Å². The van der Waals surface area contributed by atoms with Gasteiger partial charge in [0, 0.05) is 16.9 Å². The van der Waals surface area contributed by atoms with Gasteiger partial charge in [-0.1, -0.05) is 60.7 Å². The van der Waals surface area contributed by atoms with E-state index in [1.807, 2.05) is 6.07 Å². The summed E-state index contributed by atoms with van der Waals surface area (Å²) in [6, 6.07) is 17.5. The Morgan fingerprint density at radius 3 is 2.09 bits per heavy atom. The number of benzene rings is 2. The largest absolute Gasteiger partial charge is 0.299 e. The Bertz CT molecular complexity index is 683. The highest BCUT2D eigenvalue weighted by Crippen LogP contribution is 2.21. The molecule has 1 atom stereocenters. The Labute approximate surface area is 134 Å². The monoisotopic (exact) mass is 311 g/mol. The first-order valence-corrected chi connectivity index (χ1v) is 7.33. The number of Topliss-reactive ketones (excluding diaryl/α,β-unsaturated/α-hetero) is 2. The van der Waals surface area contributed by atoms with Crippen LogP contribution in [0.25, 0.3) is 0 Å². The molecule has 23 heavy (non-hydrogen) atoms. The maximum absolute atomic E-state index is 12.1. The van der Waals surface area contributed by atoms with Crippen LogP contribution in [0.15, 0.2) is 60.7 Å². The molecule has 0 aliphatic rings. The smallest absolute Gasteiger partial charge is 0.211 e. The first kappa shape index (κ1) is 16.5. The summed E-state index contributed by atoms with van der Waals surface area (Å²) in [5.41, 5.74) is 1.22. The summed E-state index contributed by atoms with van der Waals surface area (Å²) in [5, 5.41) is 10.8. The average Bonchev–Trinajstić information content (AvgIpc) is 2.55. The topological polar surface area (TPSA) is 77.3 Å². The van der Waals surface area contributed by atoms with E-state index in [2.05, 4.69) is 0 Å². The van der Waals surface area contributed by atoms with Gasteiger partial charge in [0.1, 0.15) is 5.78 Å². The zero-order valence-corrected chi connectivity index (χ0v) is 12.6. The van der Waals surface area contributed by atoms with Gasteiger partial charge in [0.15, 0.2) is 5.78 Å². The van der Waals surface area contributed by atoms with E-state index in [-0.39, 0.29) is 31.0 Å². The van der Waals surface area contributed by atoms with Crippen LogP contribution in [0.5, 0.6) is 0 Å². The molecular weight excluding hydrogens is 294 g/mol. The van der Waals surface area contributed by atoms with E-state index in [1.165, 1.54) is 0 Å². The van der Waals surface area contributed by atoms with Crippen molar-refractivity contribution in [3.63, 3.8) is 0 Å². The fourth-order valence-corrected chi connectivity index (χ4v) is 2.45. The van der Waals surface area contributed by atoms with Gasteiger partial charge < -0.3 is 0 Å². The molecule has 118 valence electrons. The second-order valence-corrected chi connectivity index (χ2v) is 5.33. The maximum Gasteiger partial charge on any atom is 0.211 e. The highest BCUT2D eigenvalue weighted by atomic mass is 16.6. The lowest BCUT2D eigenvalue weighted by atomic mass is 9.91. The van der Waals surface area contributed by atoms with Crippen LogP contribution in [0.1, 0.15) is 34.7 Å². The molecule has 0 fully saturated rings. The van der Waals surface area contributed by atoms with E-state index in [1.54, 1.807) is 54.6 Å². The SMILES string of the molecule is O=C(CC(=O)c1ccccc1)C[C@@H](C[N+](=O)[O-])c1ccccc1. The number of nitrogens with zero attached hydrogens (tertiary/aromatic N) is 1. The minimum absolute atomic E-state index is 0.0104. The lowest BCUT2D eigenvalue weighted by molar-refractivity contribution is -0.483. The first-order valence-electron chi connectivity index (χ1n) is 7.33.